The summed E-state index contributed by atoms with van der Waals surface area (Å²) >= 11 is 6.30. The van der Waals surface area contributed by atoms with Crippen LogP contribution in [0.5, 0.6) is 11.5 Å². The number of hydrogen-bond donors (Lipinski definition) is 0. The lowest BCUT2D eigenvalue weighted by atomic mass is 10.2. The Morgan fingerprint density at radius 1 is 1.27 bits per heavy atom. The molecule has 1 aliphatic heterocycles. The fraction of sp³-hybridized carbons (Fsp3) is 0.435. The number of benzene rings is 2. The van der Waals surface area contributed by atoms with Gasteiger partial charge in [-0.05, 0) is 31.5 Å². The third kappa shape index (κ3) is 6.11. The summed E-state index contributed by atoms with van der Waals surface area (Å²) in [5, 5.41) is 0.304. The molecule has 2 aromatic rings. The third-order valence-corrected chi connectivity index (χ3v) is 4.97. The Labute approximate surface area is 182 Å². The lowest BCUT2D eigenvalue weighted by molar-refractivity contribution is -0.0612. The largest absolute Gasteiger partial charge is 0.493 e. The lowest BCUT2D eigenvalue weighted by Crippen LogP contribution is -2.44. The quantitative estimate of drug-likeness (QED) is 0.582. The van der Waals surface area contributed by atoms with Crippen LogP contribution < -0.4 is 9.47 Å². The molecule has 0 bridgehead atoms. The highest BCUT2D eigenvalue weighted by Crippen LogP contribution is 2.37. The van der Waals surface area contributed by atoms with E-state index >= 15 is 0 Å². The summed E-state index contributed by atoms with van der Waals surface area (Å²) in [5.74, 6) is 0.332. The zero-order valence-corrected chi connectivity index (χ0v) is 18.4. The Morgan fingerprint density at radius 3 is 2.73 bits per heavy atom. The molecule has 0 N–H and O–H groups in total. The molecule has 0 aliphatic carbocycles. The first kappa shape index (κ1) is 22.4. The monoisotopic (exact) mass is 433 g/mol. The first-order chi connectivity index (χ1) is 14.5. The van der Waals surface area contributed by atoms with Crippen LogP contribution >= 0.6 is 11.6 Å². The van der Waals surface area contributed by atoms with Crippen LogP contribution in [0.1, 0.15) is 29.8 Å². The van der Waals surface area contributed by atoms with E-state index in [2.05, 4.69) is 17.0 Å². The number of morpholine rings is 1. The van der Waals surface area contributed by atoms with Crippen molar-refractivity contribution in [1.82, 2.24) is 4.90 Å². The molecule has 0 saturated carbocycles. The Balaban J connectivity index is 1.57. The van der Waals surface area contributed by atoms with E-state index in [1.165, 1.54) is 18.7 Å². The van der Waals surface area contributed by atoms with Crippen LogP contribution in [0, 0.1) is 0 Å². The second-order valence-corrected chi connectivity index (χ2v) is 7.88. The predicted octanol–water partition coefficient (Wildman–Crippen LogP) is 4.19. The van der Waals surface area contributed by atoms with E-state index in [1.54, 1.807) is 6.07 Å². The minimum Gasteiger partial charge on any atom is -0.493 e. The molecule has 0 spiro atoms. The maximum absolute atomic E-state index is 12.6. The number of hydrogen-bond acceptors (Lipinski definition) is 6. The predicted molar refractivity (Wildman–Crippen MR) is 116 cm³/mol. The summed E-state index contributed by atoms with van der Waals surface area (Å²) in [5.41, 5.74) is 1.56. The summed E-state index contributed by atoms with van der Waals surface area (Å²) in [4.78, 5) is 14.9. The molecule has 2 aromatic carbocycles. The van der Waals surface area contributed by atoms with Gasteiger partial charge in [-0.15, -0.1) is 0 Å². The molecule has 1 aliphatic rings. The van der Waals surface area contributed by atoms with E-state index in [9.17, 15) is 4.79 Å². The van der Waals surface area contributed by atoms with Crippen molar-refractivity contribution in [2.45, 2.75) is 32.6 Å². The highest BCUT2D eigenvalue weighted by Gasteiger charge is 2.23. The van der Waals surface area contributed by atoms with Crippen LogP contribution in [0.3, 0.4) is 0 Å². The number of carbonyl (C=O) groups is 1. The van der Waals surface area contributed by atoms with Gasteiger partial charge in [-0.3, -0.25) is 4.90 Å². The first-order valence-electron chi connectivity index (χ1n) is 10.1. The van der Waals surface area contributed by atoms with Crippen LogP contribution in [-0.4, -0.2) is 56.5 Å². The van der Waals surface area contributed by atoms with Gasteiger partial charge in [-0.2, -0.15) is 0 Å². The van der Waals surface area contributed by atoms with Crippen molar-refractivity contribution in [3.05, 3.63) is 58.6 Å². The van der Waals surface area contributed by atoms with E-state index in [1.807, 2.05) is 32.0 Å². The van der Waals surface area contributed by atoms with Gasteiger partial charge in [-0.1, -0.05) is 41.9 Å². The molecule has 30 heavy (non-hydrogen) atoms. The average Bonchev–Trinajstić information content (AvgIpc) is 2.74. The minimum absolute atomic E-state index is 0.0727. The number of esters is 1. The Kier molecular flexibility index (Phi) is 7.96. The number of carbonyl (C=O) groups excluding carboxylic acids is 1. The van der Waals surface area contributed by atoms with Gasteiger partial charge < -0.3 is 18.9 Å². The highest BCUT2D eigenvalue weighted by atomic mass is 35.5. The summed E-state index contributed by atoms with van der Waals surface area (Å²) in [6, 6.07) is 13.4. The Morgan fingerprint density at radius 2 is 2.03 bits per heavy atom. The highest BCUT2D eigenvalue weighted by molar-refractivity contribution is 6.32. The van der Waals surface area contributed by atoms with Crippen molar-refractivity contribution in [3.63, 3.8) is 0 Å². The molecule has 0 radical (unpaired) electrons. The van der Waals surface area contributed by atoms with Crippen LogP contribution in [-0.2, 0) is 16.0 Å². The zero-order valence-electron chi connectivity index (χ0n) is 17.6. The van der Waals surface area contributed by atoms with Crippen LogP contribution in [0.2, 0.25) is 5.02 Å². The second kappa shape index (κ2) is 10.7. The third-order valence-electron chi connectivity index (χ3n) is 4.69. The number of nitrogens with zero attached hydrogens (tertiary/aromatic N) is 1. The smallest absolute Gasteiger partial charge is 0.338 e. The summed E-state index contributed by atoms with van der Waals surface area (Å²) < 4.78 is 22.3. The molecule has 7 heteroatoms. The minimum atomic E-state index is -0.477. The van der Waals surface area contributed by atoms with Gasteiger partial charge in [0.2, 0.25) is 0 Å². The SMILES string of the molecule is COc1cc(C(=O)OCC2CN(Cc3ccccc3)CCO2)cc(Cl)c1OC(C)C. The van der Waals surface area contributed by atoms with Crippen molar-refractivity contribution in [3.8, 4) is 11.5 Å². The topological polar surface area (TPSA) is 57.2 Å². The van der Waals surface area contributed by atoms with Gasteiger partial charge in [0.1, 0.15) is 12.7 Å². The normalized spacial score (nSPS) is 17.0. The van der Waals surface area contributed by atoms with Crippen molar-refractivity contribution >= 4 is 17.6 Å². The maximum atomic E-state index is 12.6. The average molecular weight is 434 g/mol. The molecule has 1 unspecified atom stereocenters. The number of halogens is 1. The van der Waals surface area contributed by atoms with E-state index in [0.29, 0.717) is 35.2 Å². The lowest BCUT2D eigenvalue weighted by Gasteiger charge is -2.32. The van der Waals surface area contributed by atoms with Gasteiger partial charge >= 0.3 is 5.97 Å². The van der Waals surface area contributed by atoms with Gasteiger partial charge in [0, 0.05) is 19.6 Å². The first-order valence-corrected chi connectivity index (χ1v) is 10.4. The molecule has 3 rings (SSSR count). The molecule has 162 valence electrons. The van der Waals surface area contributed by atoms with Crippen LogP contribution in [0.4, 0.5) is 0 Å². The van der Waals surface area contributed by atoms with Gasteiger partial charge in [0.05, 0.1) is 30.4 Å². The summed E-state index contributed by atoms with van der Waals surface area (Å²) in [6.45, 7) is 6.96. The second-order valence-electron chi connectivity index (χ2n) is 7.47. The summed E-state index contributed by atoms with van der Waals surface area (Å²) in [7, 11) is 1.51. The van der Waals surface area contributed by atoms with Crippen molar-refractivity contribution < 1.29 is 23.7 Å². The van der Waals surface area contributed by atoms with E-state index in [4.69, 9.17) is 30.5 Å². The Bertz CT molecular complexity index is 843. The Hall–Kier alpha value is -2.28. The van der Waals surface area contributed by atoms with Gasteiger partial charge in [-0.25, -0.2) is 4.79 Å². The number of methoxy groups -OCH3 is 1. The van der Waals surface area contributed by atoms with E-state index < -0.39 is 5.97 Å². The van der Waals surface area contributed by atoms with Gasteiger partial charge in [0.25, 0.3) is 0 Å². The standard InChI is InChI=1S/C23H28ClNO5/c1-16(2)30-22-20(24)11-18(12-21(22)27-3)23(26)29-15-19-14-25(9-10-28-19)13-17-7-5-4-6-8-17/h4-8,11-12,16,19H,9-10,13-15H2,1-3H3. The molecule has 1 atom stereocenters. The maximum Gasteiger partial charge on any atom is 0.338 e. The molecule has 6 nitrogen and oxygen atoms in total. The fourth-order valence-electron chi connectivity index (χ4n) is 3.31. The summed E-state index contributed by atoms with van der Waals surface area (Å²) in [6.07, 6.45) is -0.246. The number of rotatable bonds is 8. The molecular weight excluding hydrogens is 406 g/mol. The molecule has 1 saturated heterocycles. The van der Waals surface area contributed by atoms with Crippen molar-refractivity contribution in [2.24, 2.45) is 0 Å². The zero-order chi connectivity index (χ0) is 21.5. The van der Waals surface area contributed by atoms with Crippen molar-refractivity contribution in [2.75, 3.05) is 33.4 Å². The van der Waals surface area contributed by atoms with Gasteiger partial charge in [0.15, 0.2) is 11.5 Å². The molecule has 1 heterocycles. The molecule has 1 fully saturated rings. The number of ether oxygens (including phenoxy) is 4. The molecule has 0 amide bonds. The van der Waals surface area contributed by atoms with E-state index in [0.717, 1.165) is 13.1 Å². The van der Waals surface area contributed by atoms with E-state index in [-0.39, 0.29) is 18.8 Å². The van der Waals surface area contributed by atoms with Crippen molar-refractivity contribution in [1.29, 1.82) is 0 Å². The van der Waals surface area contributed by atoms with Crippen LogP contribution in [0.15, 0.2) is 42.5 Å². The molecular formula is C23H28ClNO5. The molecule has 0 aromatic heterocycles. The van der Waals surface area contributed by atoms with Crippen LogP contribution in [0.25, 0.3) is 0 Å². The fourth-order valence-corrected chi connectivity index (χ4v) is 3.56.